The van der Waals surface area contributed by atoms with Crippen molar-refractivity contribution < 1.29 is 5.11 Å². The van der Waals surface area contributed by atoms with Crippen molar-refractivity contribution in [2.45, 2.75) is 155 Å². The van der Waals surface area contributed by atoms with Crippen molar-refractivity contribution >= 4 is 21.6 Å². The average Bonchev–Trinajstić information content (AvgIpc) is 2.76. The number of aliphatic hydroxyl groups excluding tert-OH is 1. The van der Waals surface area contributed by atoms with E-state index in [-0.39, 0.29) is 0 Å². The zero-order chi connectivity index (χ0) is 21.8. The molecular weight excluding hydrogens is 404 g/mol. The summed E-state index contributed by atoms with van der Waals surface area (Å²) < 4.78 is 0. The average molecular weight is 461 g/mol. The van der Waals surface area contributed by atoms with Crippen LogP contribution in [0.25, 0.3) is 0 Å². The van der Waals surface area contributed by atoms with E-state index in [2.05, 4.69) is 28.5 Å². The van der Waals surface area contributed by atoms with Gasteiger partial charge >= 0.3 is 0 Å². The standard InChI is InChI=1S/C27H56OS2/c1-2-3-4-5-6-7-8-9-10-11-14-17-20-23-26-29-30-27-24-21-18-15-12-13-16-19-22-25-28/h28H,2-27H2,1H3. The van der Waals surface area contributed by atoms with Crippen LogP contribution in [0.5, 0.6) is 0 Å². The molecule has 0 rings (SSSR count). The molecular formula is C27H56OS2. The van der Waals surface area contributed by atoms with Crippen molar-refractivity contribution in [2.24, 2.45) is 0 Å². The molecule has 0 aliphatic rings. The molecule has 0 spiro atoms. The topological polar surface area (TPSA) is 20.2 Å². The molecule has 0 aromatic rings. The second-order valence-corrected chi connectivity index (χ2v) is 11.8. The smallest absolute Gasteiger partial charge is 0.0431 e. The van der Waals surface area contributed by atoms with Crippen molar-refractivity contribution in [2.75, 3.05) is 18.1 Å². The highest BCUT2D eigenvalue weighted by atomic mass is 33.1. The quantitative estimate of drug-likeness (QED) is 0.0972. The lowest BCUT2D eigenvalue weighted by Gasteiger charge is -2.04. The van der Waals surface area contributed by atoms with Crippen molar-refractivity contribution in [3.63, 3.8) is 0 Å². The molecule has 30 heavy (non-hydrogen) atoms. The highest BCUT2D eigenvalue weighted by Gasteiger charge is 1.96. The first-order chi connectivity index (χ1) is 14.9. The molecule has 0 unspecified atom stereocenters. The molecule has 182 valence electrons. The fourth-order valence-corrected chi connectivity index (χ4v) is 6.28. The molecule has 0 saturated heterocycles. The van der Waals surface area contributed by atoms with Crippen LogP contribution in [0.2, 0.25) is 0 Å². The van der Waals surface area contributed by atoms with Gasteiger partial charge in [0.25, 0.3) is 0 Å². The van der Waals surface area contributed by atoms with Crippen LogP contribution in [-0.2, 0) is 0 Å². The summed E-state index contributed by atoms with van der Waals surface area (Å²) in [5, 5.41) is 8.75. The van der Waals surface area contributed by atoms with Crippen LogP contribution in [0.4, 0.5) is 0 Å². The van der Waals surface area contributed by atoms with Crippen LogP contribution in [0.15, 0.2) is 0 Å². The third-order valence-electron chi connectivity index (χ3n) is 6.05. The highest BCUT2D eigenvalue weighted by Crippen LogP contribution is 2.25. The Labute approximate surface area is 199 Å². The summed E-state index contributed by atoms with van der Waals surface area (Å²) in [5.41, 5.74) is 0. The largest absolute Gasteiger partial charge is 0.396 e. The van der Waals surface area contributed by atoms with Crippen LogP contribution in [0, 0.1) is 0 Å². The van der Waals surface area contributed by atoms with E-state index in [0.29, 0.717) is 6.61 Å². The summed E-state index contributed by atoms with van der Waals surface area (Å²) in [6.45, 7) is 2.67. The Morgan fingerprint density at radius 3 is 0.933 bits per heavy atom. The van der Waals surface area contributed by atoms with Gasteiger partial charge in [-0.3, -0.25) is 0 Å². The molecule has 1 N–H and O–H groups in total. The van der Waals surface area contributed by atoms with Gasteiger partial charge in [0.05, 0.1) is 0 Å². The van der Waals surface area contributed by atoms with Gasteiger partial charge in [-0.05, 0) is 19.3 Å². The Bertz CT molecular complexity index is 258. The SMILES string of the molecule is CCCCCCCCCCCCCCCCSSCCCCCCCCCCCO. The fraction of sp³-hybridized carbons (Fsp3) is 1.00. The van der Waals surface area contributed by atoms with Crippen LogP contribution in [-0.4, -0.2) is 23.2 Å². The zero-order valence-corrected chi connectivity index (χ0v) is 22.3. The Balaban J connectivity index is 2.97. The third kappa shape index (κ3) is 28.7. The van der Waals surface area contributed by atoms with E-state index in [1.165, 1.54) is 153 Å². The molecule has 0 aromatic heterocycles. The van der Waals surface area contributed by atoms with E-state index >= 15 is 0 Å². The fourth-order valence-electron chi connectivity index (χ4n) is 3.98. The maximum Gasteiger partial charge on any atom is 0.0431 e. The first-order valence-electron chi connectivity index (χ1n) is 13.8. The monoisotopic (exact) mass is 460 g/mol. The molecule has 3 heteroatoms. The molecule has 0 aliphatic heterocycles. The molecule has 0 amide bonds. The van der Waals surface area contributed by atoms with Crippen LogP contribution >= 0.6 is 21.6 Å². The predicted octanol–water partition coefficient (Wildman–Crippen LogP) is 10.4. The number of aliphatic hydroxyl groups is 1. The normalized spacial score (nSPS) is 11.4. The molecule has 0 heterocycles. The Morgan fingerprint density at radius 2 is 0.633 bits per heavy atom. The van der Waals surface area contributed by atoms with E-state index in [0.717, 1.165) is 6.42 Å². The summed E-state index contributed by atoms with van der Waals surface area (Å²) in [5.74, 6) is 2.70. The molecule has 0 saturated carbocycles. The van der Waals surface area contributed by atoms with Gasteiger partial charge in [-0.25, -0.2) is 0 Å². The predicted molar refractivity (Wildman–Crippen MR) is 144 cm³/mol. The summed E-state index contributed by atoms with van der Waals surface area (Å²) >= 11 is 0. The van der Waals surface area contributed by atoms with Crippen molar-refractivity contribution in [1.82, 2.24) is 0 Å². The summed E-state index contributed by atoms with van der Waals surface area (Å²) in [6, 6.07) is 0. The number of unbranched alkanes of at least 4 members (excludes halogenated alkanes) is 21. The van der Waals surface area contributed by atoms with Crippen molar-refractivity contribution in [1.29, 1.82) is 0 Å². The molecule has 0 fully saturated rings. The van der Waals surface area contributed by atoms with Crippen LogP contribution in [0.3, 0.4) is 0 Å². The Kier molecular flexibility index (Phi) is 30.3. The minimum atomic E-state index is 0.370. The van der Waals surface area contributed by atoms with Gasteiger partial charge in [0.15, 0.2) is 0 Å². The van der Waals surface area contributed by atoms with Gasteiger partial charge in [0.2, 0.25) is 0 Å². The first kappa shape index (κ1) is 30.7. The van der Waals surface area contributed by atoms with Gasteiger partial charge in [0, 0.05) is 18.1 Å². The second-order valence-electron chi connectivity index (χ2n) is 9.15. The van der Waals surface area contributed by atoms with E-state index in [9.17, 15) is 0 Å². The molecule has 0 radical (unpaired) electrons. The summed E-state index contributed by atoms with van der Waals surface area (Å²) in [7, 11) is 4.22. The van der Waals surface area contributed by atoms with Gasteiger partial charge in [-0.2, -0.15) is 0 Å². The van der Waals surface area contributed by atoms with Gasteiger partial charge < -0.3 is 5.11 Å². The van der Waals surface area contributed by atoms with Gasteiger partial charge in [-0.15, -0.1) is 0 Å². The van der Waals surface area contributed by atoms with Crippen LogP contribution in [0.1, 0.15) is 155 Å². The first-order valence-corrected chi connectivity index (χ1v) is 16.3. The highest BCUT2D eigenvalue weighted by molar-refractivity contribution is 8.76. The van der Waals surface area contributed by atoms with Crippen molar-refractivity contribution in [3.05, 3.63) is 0 Å². The maximum absolute atomic E-state index is 8.75. The van der Waals surface area contributed by atoms with E-state index in [1.807, 2.05) is 0 Å². The second kappa shape index (κ2) is 29.7. The minimum Gasteiger partial charge on any atom is -0.396 e. The summed E-state index contributed by atoms with van der Waals surface area (Å²) in [4.78, 5) is 0. The molecule has 0 bridgehead atoms. The lowest BCUT2D eigenvalue weighted by atomic mass is 10.0. The van der Waals surface area contributed by atoms with Gasteiger partial charge in [-0.1, -0.05) is 157 Å². The number of hydrogen-bond donors (Lipinski definition) is 1. The molecule has 0 atom stereocenters. The van der Waals surface area contributed by atoms with E-state index < -0.39 is 0 Å². The maximum atomic E-state index is 8.75. The lowest BCUT2D eigenvalue weighted by Crippen LogP contribution is -1.85. The number of hydrogen-bond acceptors (Lipinski definition) is 3. The Morgan fingerprint density at radius 1 is 0.367 bits per heavy atom. The molecule has 0 aliphatic carbocycles. The van der Waals surface area contributed by atoms with Crippen molar-refractivity contribution in [3.8, 4) is 0 Å². The zero-order valence-electron chi connectivity index (χ0n) is 20.6. The van der Waals surface area contributed by atoms with Crippen LogP contribution < -0.4 is 0 Å². The minimum absolute atomic E-state index is 0.370. The third-order valence-corrected chi connectivity index (χ3v) is 8.63. The Hall–Kier alpha value is 0.660. The summed E-state index contributed by atoms with van der Waals surface area (Å²) in [6.07, 6.45) is 32.3. The van der Waals surface area contributed by atoms with Gasteiger partial charge in [0.1, 0.15) is 0 Å². The lowest BCUT2D eigenvalue weighted by molar-refractivity contribution is 0.282. The number of rotatable bonds is 27. The molecule has 1 nitrogen and oxygen atoms in total. The van der Waals surface area contributed by atoms with E-state index in [4.69, 9.17) is 5.11 Å². The molecule has 0 aromatic carbocycles. The van der Waals surface area contributed by atoms with E-state index in [1.54, 1.807) is 0 Å².